The maximum Gasteiger partial charge on any atom is 0.326 e. The molecule has 0 bridgehead atoms. The molecular formula is C10H13N3O5S. The fourth-order valence-corrected chi connectivity index (χ4v) is 1.84. The number of carbonyl (C=O) groups excluding carboxylic acids is 1. The van der Waals surface area contributed by atoms with Crippen molar-refractivity contribution in [3.8, 4) is 0 Å². The Morgan fingerprint density at radius 1 is 1.37 bits per heavy atom. The minimum atomic E-state index is -1.45. The minimum Gasteiger partial charge on any atom is -0.481 e. The van der Waals surface area contributed by atoms with Gasteiger partial charge in [-0.15, -0.1) is 11.3 Å². The van der Waals surface area contributed by atoms with Gasteiger partial charge in [0.15, 0.2) is 0 Å². The lowest BCUT2D eigenvalue weighted by atomic mass is 10.2. The van der Waals surface area contributed by atoms with E-state index in [1.807, 2.05) is 5.38 Å². The van der Waals surface area contributed by atoms with Crippen molar-refractivity contribution in [3.63, 3.8) is 0 Å². The molecule has 0 aliphatic heterocycles. The third-order valence-corrected chi connectivity index (χ3v) is 2.77. The monoisotopic (exact) mass is 287 g/mol. The van der Waals surface area contributed by atoms with Crippen molar-refractivity contribution in [2.45, 2.75) is 18.9 Å². The van der Waals surface area contributed by atoms with E-state index in [1.54, 1.807) is 5.51 Å². The highest BCUT2D eigenvalue weighted by Gasteiger charge is 2.22. The number of amides is 2. The van der Waals surface area contributed by atoms with E-state index in [4.69, 9.17) is 10.2 Å². The van der Waals surface area contributed by atoms with Crippen LogP contribution in [0.2, 0.25) is 0 Å². The van der Waals surface area contributed by atoms with Crippen LogP contribution in [0.3, 0.4) is 0 Å². The molecule has 4 N–H and O–H groups in total. The third kappa shape index (κ3) is 5.82. The number of hydrogen-bond acceptors (Lipinski definition) is 5. The molecule has 8 nitrogen and oxygen atoms in total. The number of carboxylic acids is 2. The van der Waals surface area contributed by atoms with Crippen LogP contribution in [0.15, 0.2) is 10.9 Å². The minimum absolute atomic E-state index is 0.287. The lowest BCUT2D eigenvalue weighted by Crippen LogP contribution is -2.47. The van der Waals surface area contributed by atoms with Crippen LogP contribution in [0, 0.1) is 0 Å². The van der Waals surface area contributed by atoms with Gasteiger partial charge in [-0.25, -0.2) is 14.6 Å². The number of thiazole rings is 1. The van der Waals surface area contributed by atoms with Crippen molar-refractivity contribution in [3.05, 3.63) is 16.6 Å². The zero-order chi connectivity index (χ0) is 14.3. The molecule has 1 aromatic heterocycles. The molecule has 1 heterocycles. The summed E-state index contributed by atoms with van der Waals surface area (Å²) in [4.78, 5) is 36.5. The van der Waals surface area contributed by atoms with Crippen LogP contribution in [0.1, 0.15) is 12.1 Å². The first kappa shape index (κ1) is 14.9. The van der Waals surface area contributed by atoms with Crippen LogP contribution < -0.4 is 10.6 Å². The second kappa shape index (κ2) is 7.31. The number of aromatic nitrogens is 1. The highest BCUT2D eigenvalue weighted by Crippen LogP contribution is 2.00. The van der Waals surface area contributed by atoms with Crippen LogP contribution in [-0.4, -0.2) is 45.8 Å². The standard InChI is InChI=1S/C10H13N3O5S/c14-8(15)3-7(9(16)17)13-10(18)11-2-1-6-4-19-5-12-6/h4-5,7H,1-3H2,(H,14,15)(H,16,17)(H2,11,13,18)/t7-/m1/s1. The molecule has 1 atom stereocenters. The molecule has 2 amide bonds. The van der Waals surface area contributed by atoms with Crippen molar-refractivity contribution >= 4 is 29.3 Å². The van der Waals surface area contributed by atoms with Gasteiger partial charge in [0, 0.05) is 18.3 Å². The summed E-state index contributed by atoms with van der Waals surface area (Å²) < 4.78 is 0. The number of rotatable bonds is 7. The van der Waals surface area contributed by atoms with E-state index in [0.717, 1.165) is 5.69 Å². The summed E-state index contributed by atoms with van der Waals surface area (Å²) >= 11 is 1.44. The Hall–Kier alpha value is -2.16. The van der Waals surface area contributed by atoms with Crippen molar-refractivity contribution in [2.24, 2.45) is 0 Å². The summed E-state index contributed by atoms with van der Waals surface area (Å²) in [5, 5.41) is 23.6. The van der Waals surface area contributed by atoms with Gasteiger partial charge in [-0.1, -0.05) is 0 Å². The van der Waals surface area contributed by atoms with Gasteiger partial charge < -0.3 is 20.8 Å². The molecule has 0 saturated heterocycles. The van der Waals surface area contributed by atoms with E-state index in [-0.39, 0.29) is 6.54 Å². The van der Waals surface area contributed by atoms with Gasteiger partial charge in [0.1, 0.15) is 6.04 Å². The lowest BCUT2D eigenvalue weighted by molar-refractivity contribution is -0.145. The smallest absolute Gasteiger partial charge is 0.326 e. The molecule has 0 aromatic carbocycles. The summed E-state index contributed by atoms with van der Waals surface area (Å²) in [5.74, 6) is -2.69. The van der Waals surface area contributed by atoms with Crippen LogP contribution in [0.5, 0.6) is 0 Å². The molecular weight excluding hydrogens is 274 g/mol. The van der Waals surface area contributed by atoms with Gasteiger partial charge in [0.2, 0.25) is 0 Å². The maximum absolute atomic E-state index is 11.4. The molecule has 0 unspecified atom stereocenters. The molecule has 0 aliphatic rings. The fourth-order valence-electron chi connectivity index (χ4n) is 1.25. The lowest BCUT2D eigenvalue weighted by Gasteiger charge is -2.12. The van der Waals surface area contributed by atoms with Crippen molar-refractivity contribution in [2.75, 3.05) is 6.54 Å². The Morgan fingerprint density at radius 2 is 2.11 bits per heavy atom. The number of nitrogens with one attached hydrogen (secondary N) is 2. The Kier molecular flexibility index (Phi) is 5.73. The number of carbonyl (C=O) groups is 3. The zero-order valence-electron chi connectivity index (χ0n) is 9.83. The highest BCUT2D eigenvalue weighted by molar-refractivity contribution is 7.07. The molecule has 9 heteroatoms. The molecule has 0 spiro atoms. The first-order valence-corrected chi connectivity index (χ1v) is 6.29. The predicted molar refractivity (Wildman–Crippen MR) is 66.0 cm³/mol. The van der Waals surface area contributed by atoms with Crippen LogP contribution >= 0.6 is 11.3 Å². The largest absolute Gasteiger partial charge is 0.481 e. The van der Waals surface area contributed by atoms with Crippen molar-refractivity contribution in [1.82, 2.24) is 15.6 Å². The zero-order valence-corrected chi connectivity index (χ0v) is 10.6. The first-order valence-electron chi connectivity index (χ1n) is 5.35. The quantitative estimate of drug-likeness (QED) is 0.555. The van der Waals surface area contributed by atoms with Gasteiger partial charge in [-0.05, 0) is 0 Å². The molecule has 0 fully saturated rings. The molecule has 19 heavy (non-hydrogen) atoms. The van der Waals surface area contributed by atoms with Crippen LogP contribution in [0.4, 0.5) is 4.79 Å². The van der Waals surface area contributed by atoms with E-state index in [2.05, 4.69) is 15.6 Å². The first-order chi connectivity index (χ1) is 8.99. The average molecular weight is 287 g/mol. The van der Waals surface area contributed by atoms with E-state index >= 15 is 0 Å². The second-order valence-electron chi connectivity index (χ2n) is 3.62. The Labute approximate surface area is 112 Å². The Bertz CT molecular complexity index is 448. The van der Waals surface area contributed by atoms with Gasteiger partial charge in [-0.2, -0.15) is 0 Å². The Balaban J connectivity index is 2.32. The van der Waals surface area contributed by atoms with E-state index in [0.29, 0.717) is 6.42 Å². The van der Waals surface area contributed by atoms with Crippen LogP contribution in [-0.2, 0) is 16.0 Å². The molecule has 104 valence electrons. The van der Waals surface area contributed by atoms with Crippen molar-refractivity contribution < 1.29 is 24.6 Å². The number of hydrogen-bond donors (Lipinski definition) is 4. The highest BCUT2D eigenvalue weighted by atomic mass is 32.1. The average Bonchev–Trinajstić information content (AvgIpc) is 2.80. The third-order valence-electron chi connectivity index (χ3n) is 2.13. The van der Waals surface area contributed by atoms with E-state index < -0.39 is 30.4 Å². The van der Waals surface area contributed by atoms with E-state index in [1.165, 1.54) is 11.3 Å². The van der Waals surface area contributed by atoms with Crippen molar-refractivity contribution in [1.29, 1.82) is 0 Å². The van der Waals surface area contributed by atoms with Gasteiger partial charge in [0.25, 0.3) is 0 Å². The number of aliphatic carboxylic acids is 2. The summed E-state index contributed by atoms with van der Waals surface area (Å²) in [5.41, 5.74) is 2.49. The predicted octanol–water partition coefficient (Wildman–Crippen LogP) is -0.0873. The molecule has 0 radical (unpaired) electrons. The Morgan fingerprint density at radius 3 is 2.63 bits per heavy atom. The SMILES string of the molecule is O=C(O)C[C@@H](NC(=O)NCCc1cscn1)C(=O)O. The van der Waals surface area contributed by atoms with Gasteiger partial charge in [0.05, 0.1) is 17.6 Å². The van der Waals surface area contributed by atoms with E-state index in [9.17, 15) is 14.4 Å². The maximum atomic E-state index is 11.4. The summed E-state index contributed by atoms with van der Waals surface area (Å²) in [6, 6.07) is -2.17. The molecule has 0 saturated carbocycles. The van der Waals surface area contributed by atoms with Crippen LogP contribution in [0.25, 0.3) is 0 Å². The number of nitrogens with zero attached hydrogens (tertiary/aromatic N) is 1. The summed E-state index contributed by atoms with van der Waals surface area (Å²) in [7, 11) is 0. The van der Waals surface area contributed by atoms with Gasteiger partial charge >= 0.3 is 18.0 Å². The topological polar surface area (TPSA) is 129 Å². The second-order valence-corrected chi connectivity index (χ2v) is 4.34. The fraction of sp³-hybridized carbons (Fsp3) is 0.400. The summed E-state index contributed by atoms with van der Waals surface area (Å²) in [6.07, 6.45) is -0.150. The molecule has 0 aliphatic carbocycles. The number of urea groups is 1. The molecule has 1 aromatic rings. The number of carboxylic acid groups (broad SMARTS) is 2. The van der Waals surface area contributed by atoms with Gasteiger partial charge in [-0.3, -0.25) is 4.79 Å². The normalized spacial score (nSPS) is 11.6. The summed E-state index contributed by atoms with van der Waals surface area (Å²) in [6.45, 7) is 0.287. The molecule has 1 rings (SSSR count).